The highest BCUT2D eigenvalue weighted by Gasteiger charge is 2.22. The fraction of sp³-hybridized carbons (Fsp3) is 0.474. The molecule has 0 atom stereocenters. The third kappa shape index (κ3) is 6.02. The van der Waals surface area contributed by atoms with Crippen LogP contribution in [0.4, 0.5) is 0 Å². The van der Waals surface area contributed by atoms with Gasteiger partial charge in [-0.25, -0.2) is 13.4 Å². The maximum Gasteiger partial charge on any atom is 0.243 e. The molecule has 1 heterocycles. The fourth-order valence-electron chi connectivity index (χ4n) is 2.43. The van der Waals surface area contributed by atoms with Gasteiger partial charge in [-0.2, -0.15) is 4.31 Å². The molecule has 0 saturated heterocycles. The molecule has 2 rings (SSSR count). The first kappa shape index (κ1) is 22.3. The van der Waals surface area contributed by atoms with Crippen LogP contribution in [0.1, 0.15) is 29.3 Å². The van der Waals surface area contributed by atoms with E-state index in [-0.39, 0.29) is 6.04 Å². The first-order valence-corrected chi connectivity index (χ1v) is 11.4. The molecule has 2 N–H and O–H groups in total. The van der Waals surface area contributed by atoms with Crippen LogP contribution >= 0.6 is 11.3 Å². The minimum absolute atomic E-state index is 0.0889. The Balaban J connectivity index is 1.87. The van der Waals surface area contributed by atoms with Crippen LogP contribution in [0.15, 0.2) is 40.4 Å². The van der Waals surface area contributed by atoms with E-state index in [2.05, 4.69) is 20.6 Å². The summed E-state index contributed by atoms with van der Waals surface area (Å²) in [4.78, 5) is 10.1. The van der Waals surface area contributed by atoms with Gasteiger partial charge < -0.3 is 10.6 Å². The van der Waals surface area contributed by atoms with Crippen LogP contribution in [0.2, 0.25) is 0 Å². The molecule has 0 aliphatic rings. The summed E-state index contributed by atoms with van der Waals surface area (Å²) >= 11 is 1.70. The predicted molar refractivity (Wildman–Crippen MR) is 115 cm³/mol. The molecule has 0 spiro atoms. The number of hydrogen-bond acceptors (Lipinski definition) is 5. The minimum atomic E-state index is -3.46. The third-order valence-corrected chi connectivity index (χ3v) is 7.33. The topological polar surface area (TPSA) is 86.7 Å². The Labute approximate surface area is 172 Å². The Morgan fingerprint density at radius 3 is 2.46 bits per heavy atom. The predicted octanol–water partition coefficient (Wildman–Crippen LogP) is 2.39. The number of rotatable bonds is 8. The molecule has 154 valence electrons. The molecule has 0 amide bonds. The van der Waals surface area contributed by atoms with Crippen LogP contribution in [-0.2, 0) is 23.0 Å². The Morgan fingerprint density at radius 2 is 1.93 bits per heavy atom. The van der Waals surface area contributed by atoms with Gasteiger partial charge in [0.05, 0.1) is 9.90 Å². The lowest BCUT2D eigenvalue weighted by atomic mass is 10.2. The number of nitrogens with one attached hydrogen (secondary N) is 2. The van der Waals surface area contributed by atoms with Crippen LogP contribution in [0.3, 0.4) is 0 Å². The standard InChI is InChI=1S/C19H29N5O2S2/c1-14(2)24(5)28(25,26)17-8-6-16(7-9-17)13-23-19(20-4)21-11-10-18-22-12-15(3)27-18/h6-9,12,14H,10-11,13H2,1-5H3,(H2,20,21,23). The zero-order chi connectivity index (χ0) is 20.7. The molecule has 0 fully saturated rings. The number of nitrogens with zero attached hydrogens (tertiary/aromatic N) is 3. The van der Waals surface area contributed by atoms with E-state index in [1.54, 1.807) is 37.6 Å². The lowest BCUT2D eigenvalue weighted by Gasteiger charge is -2.21. The number of benzene rings is 1. The molecule has 28 heavy (non-hydrogen) atoms. The molecule has 0 bridgehead atoms. The van der Waals surface area contributed by atoms with Gasteiger partial charge in [0.25, 0.3) is 0 Å². The quantitative estimate of drug-likeness (QED) is 0.503. The molecule has 0 aliphatic carbocycles. The third-order valence-electron chi connectivity index (χ3n) is 4.31. The Bertz CT molecular complexity index is 889. The van der Waals surface area contributed by atoms with Crippen molar-refractivity contribution >= 4 is 27.3 Å². The zero-order valence-corrected chi connectivity index (χ0v) is 18.7. The summed E-state index contributed by atoms with van der Waals surface area (Å²) in [5, 5.41) is 7.60. The smallest absolute Gasteiger partial charge is 0.243 e. The minimum Gasteiger partial charge on any atom is -0.356 e. The molecular weight excluding hydrogens is 394 g/mol. The second kappa shape index (κ2) is 9.99. The van der Waals surface area contributed by atoms with E-state index in [1.165, 1.54) is 9.18 Å². The van der Waals surface area contributed by atoms with Gasteiger partial charge in [-0.1, -0.05) is 12.1 Å². The summed E-state index contributed by atoms with van der Waals surface area (Å²) in [6.45, 7) is 7.04. The second-order valence-electron chi connectivity index (χ2n) is 6.73. The van der Waals surface area contributed by atoms with Crippen molar-refractivity contribution in [2.24, 2.45) is 4.99 Å². The molecule has 0 radical (unpaired) electrons. The van der Waals surface area contributed by atoms with Gasteiger partial charge in [0.2, 0.25) is 10.0 Å². The van der Waals surface area contributed by atoms with Gasteiger partial charge in [0.1, 0.15) is 0 Å². The first-order valence-electron chi connectivity index (χ1n) is 9.17. The van der Waals surface area contributed by atoms with Crippen molar-refractivity contribution in [3.8, 4) is 0 Å². The molecule has 0 saturated carbocycles. The van der Waals surface area contributed by atoms with E-state index in [0.717, 1.165) is 23.5 Å². The number of aliphatic imine (C=N–C) groups is 1. The van der Waals surface area contributed by atoms with E-state index in [1.807, 2.05) is 39.1 Å². The molecule has 1 aromatic carbocycles. The normalized spacial score (nSPS) is 12.6. The number of hydrogen-bond donors (Lipinski definition) is 2. The Morgan fingerprint density at radius 1 is 1.25 bits per heavy atom. The van der Waals surface area contributed by atoms with Crippen molar-refractivity contribution in [3.63, 3.8) is 0 Å². The van der Waals surface area contributed by atoms with Crippen LogP contribution in [-0.4, -0.2) is 50.3 Å². The highest BCUT2D eigenvalue weighted by atomic mass is 32.2. The summed E-state index contributed by atoms with van der Waals surface area (Å²) in [6, 6.07) is 6.84. The molecule has 1 aromatic heterocycles. The SMILES string of the molecule is CN=C(NCCc1ncc(C)s1)NCc1ccc(S(=O)(=O)N(C)C(C)C)cc1. The summed E-state index contributed by atoms with van der Waals surface area (Å²) < 4.78 is 26.4. The number of thiazole rings is 1. The monoisotopic (exact) mass is 423 g/mol. The maximum absolute atomic E-state index is 12.5. The van der Waals surface area contributed by atoms with Crippen LogP contribution in [0, 0.1) is 6.92 Å². The zero-order valence-electron chi connectivity index (χ0n) is 17.1. The summed E-state index contributed by atoms with van der Waals surface area (Å²) in [5.41, 5.74) is 0.977. The van der Waals surface area contributed by atoms with Crippen LogP contribution < -0.4 is 10.6 Å². The average molecular weight is 424 g/mol. The summed E-state index contributed by atoms with van der Waals surface area (Å²) in [6.07, 6.45) is 2.73. The van der Waals surface area contributed by atoms with Gasteiger partial charge in [-0.05, 0) is 38.5 Å². The highest BCUT2D eigenvalue weighted by Crippen LogP contribution is 2.17. The average Bonchev–Trinajstić information content (AvgIpc) is 3.09. The largest absolute Gasteiger partial charge is 0.356 e. The van der Waals surface area contributed by atoms with Gasteiger partial charge in [0, 0.05) is 50.7 Å². The van der Waals surface area contributed by atoms with Gasteiger partial charge >= 0.3 is 0 Å². The maximum atomic E-state index is 12.5. The van der Waals surface area contributed by atoms with E-state index in [4.69, 9.17) is 0 Å². The highest BCUT2D eigenvalue weighted by molar-refractivity contribution is 7.89. The molecule has 9 heteroatoms. The number of guanidine groups is 1. The summed E-state index contributed by atoms with van der Waals surface area (Å²) in [7, 11) is -0.138. The summed E-state index contributed by atoms with van der Waals surface area (Å²) in [5.74, 6) is 0.699. The van der Waals surface area contributed by atoms with Crippen molar-refractivity contribution in [1.82, 2.24) is 19.9 Å². The number of aryl methyl sites for hydroxylation is 1. The molecule has 7 nitrogen and oxygen atoms in total. The molecular formula is C19H29N5O2S2. The van der Waals surface area contributed by atoms with Crippen LogP contribution in [0.5, 0.6) is 0 Å². The van der Waals surface area contributed by atoms with E-state index >= 15 is 0 Å². The first-order chi connectivity index (χ1) is 13.2. The van der Waals surface area contributed by atoms with Gasteiger partial charge in [-0.15, -0.1) is 11.3 Å². The molecule has 0 unspecified atom stereocenters. The van der Waals surface area contributed by atoms with Crippen molar-refractivity contribution in [2.45, 2.75) is 44.7 Å². The Kier molecular flexibility index (Phi) is 7.97. The van der Waals surface area contributed by atoms with E-state index in [0.29, 0.717) is 17.4 Å². The van der Waals surface area contributed by atoms with E-state index < -0.39 is 10.0 Å². The van der Waals surface area contributed by atoms with Crippen molar-refractivity contribution < 1.29 is 8.42 Å². The van der Waals surface area contributed by atoms with Crippen LogP contribution in [0.25, 0.3) is 0 Å². The lowest BCUT2D eigenvalue weighted by molar-refractivity contribution is 0.410. The van der Waals surface area contributed by atoms with Gasteiger partial charge in [0.15, 0.2) is 5.96 Å². The Hall–Kier alpha value is -1.97. The van der Waals surface area contributed by atoms with Gasteiger partial charge in [-0.3, -0.25) is 4.99 Å². The molecule has 0 aliphatic heterocycles. The van der Waals surface area contributed by atoms with Crippen molar-refractivity contribution in [3.05, 3.63) is 45.9 Å². The fourth-order valence-corrected chi connectivity index (χ4v) is 4.59. The lowest BCUT2D eigenvalue weighted by Crippen LogP contribution is -2.37. The second-order valence-corrected chi connectivity index (χ2v) is 10.0. The number of aromatic nitrogens is 1. The van der Waals surface area contributed by atoms with E-state index in [9.17, 15) is 8.42 Å². The van der Waals surface area contributed by atoms with Crippen molar-refractivity contribution in [2.75, 3.05) is 20.6 Å². The molecule has 2 aromatic rings. The van der Waals surface area contributed by atoms with Crippen molar-refractivity contribution in [1.29, 1.82) is 0 Å². The number of sulfonamides is 1.